The van der Waals surface area contributed by atoms with Crippen molar-refractivity contribution >= 4 is 17.5 Å². The van der Waals surface area contributed by atoms with Crippen LogP contribution < -0.4 is 10.1 Å². The second-order valence-corrected chi connectivity index (χ2v) is 8.43. The molecular formula is C25H30N6O2. The molecule has 0 bridgehead atoms. The van der Waals surface area contributed by atoms with E-state index in [2.05, 4.69) is 20.2 Å². The first-order valence-electron chi connectivity index (χ1n) is 11.3. The minimum absolute atomic E-state index is 0.0494. The number of likely N-dealkylation sites (tertiary alicyclic amines) is 1. The molecule has 0 aliphatic carbocycles. The molecule has 3 aromatic rings. The number of aromatic nitrogens is 3. The third-order valence-corrected chi connectivity index (χ3v) is 5.63. The Morgan fingerprint density at radius 2 is 2.00 bits per heavy atom. The number of anilines is 2. The lowest BCUT2D eigenvalue weighted by Crippen LogP contribution is -2.39. The molecule has 0 radical (unpaired) electrons. The van der Waals surface area contributed by atoms with Gasteiger partial charge in [0.1, 0.15) is 24.0 Å². The van der Waals surface area contributed by atoms with Crippen LogP contribution in [-0.2, 0) is 0 Å². The summed E-state index contributed by atoms with van der Waals surface area (Å²) in [4.78, 5) is 30.2. The number of pyridine rings is 1. The highest BCUT2D eigenvalue weighted by Gasteiger charge is 2.26. The molecule has 1 amide bonds. The summed E-state index contributed by atoms with van der Waals surface area (Å²) in [6.07, 6.45) is 6.89. The molecule has 0 spiro atoms. The van der Waals surface area contributed by atoms with Crippen LogP contribution in [0.3, 0.4) is 0 Å². The molecule has 8 heteroatoms. The van der Waals surface area contributed by atoms with E-state index in [1.54, 1.807) is 18.6 Å². The highest BCUT2D eigenvalue weighted by Crippen LogP contribution is 2.28. The van der Waals surface area contributed by atoms with E-state index >= 15 is 0 Å². The summed E-state index contributed by atoms with van der Waals surface area (Å²) in [5.74, 6) is 2.40. The Balaban J connectivity index is 1.38. The van der Waals surface area contributed by atoms with Crippen LogP contribution in [0.5, 0.6) is 5.75 Å². The molecule has 2 aromatic heterocycles. The monoisotopic (exact) mass is 446 g/mol. The molecule has 1 unspecified atom stereocenters. The van der Waals surface area contributed by atoms with E-state index in [0.717, 1.165) is 43.2 Å². The van der Waals surface area contributed by atoms with Crippen molar-refractivity contribution < 1.29 is 9.53 Å². The Hall–Kier alpha value is -3.52. The second-order valence-electron chi connectivity index (χ2n) is 8.43. The third-order valence-electron chi connectivity index (χ3n) is 5.63. The van der Waals surface area contributed by atoms with Gasteiger partial charge in [-0.2, -0.15) is 0 Å². The maximum absolute atomic E-state index is 13.1. The quantitative estimate of drug-likeness (QED) is 0.566. The van der Waals surface area contributed by atoms with Gasteiger partial charge in [0.2, 0.25) is 0 Å². The van der Waals surface area contributed by atoms with E-state index in [1.807, 2.05) is 61.5 Å². The highest BCUT2D eigenvalue weighted by molar-refractivity contribution is 5.94. The van der Waals surface area contributed by atoms with E-state index in [0.29, 0.717) is 24.5 Å². The number of ether oxygens (including phenoxy) is 1. The van der Waals surface area contributed by atoms with Gasteiger partial charge in [-0.05, 0) is 63.3 Å². The minimum Gasteiger partial charge on any atom is -0.492 e. The number of likely N-dealkylation sites (N-methyl/N-ethyl adjacent to an activating group) is 1. The zero-order chi connectivity index (χ0) is 23.0. The molecule has 4 rings (SSSR count). The molecule has 1 saturated heterocycles. The first-order chi connectivity index (χ1) is 16.1. The van der Waals surface area contributed by atoms with Crippen LogP contribution in [0.15, 0.2) is 61.1 Å². The standard InChI is InChI=1S/C25H30N6O2/c1-30(2)15-16-33-21-10-8-19(9-11-21)25(32)31-14-4-5-20(18-31)22-6-3-7-23(28-22)29-24-17-26-12-13-27-24/h3,6-13,17,20H,4-5,14-16,18H2,1-2H3,(H,27,28,29). The minimum atomic E-state index is 0.0494. The predicted molar refractivity (Wildman–Crippen MR) is 128 cm³/mol. The summed E-state index contributed by atoms with van der Waals surface area (Å²) in [5.41, 5.74) is 1.66. The molecule has 3 heterocycles. The summed E-state index contributed by atoms with van der Waals surface area (Å²) in [6.45, 7) is 2.88. The van der Waals surface area contributed by atoms with Crippen molar-refractivity contribution in [3.05, 3.63) is 72.3 Å². The predicted octanol–water partition coefficient (Wildman–Crippen LogP) is 3.58. The largest absolute Gasteiger partial charge is 0.492 e. The van der Waals surface area contributed by atoms with Crippen LogP contribution in [0.4, 0.5) is 11.6 Å². The number of amides is 1. The van der Waals surface area contributed by atoms with Crippen molar-refractivity contribution in [2.24, 2.45) is 0 Å². The van der Waals surface area contributed by atoms with Gasteiger partial charge in [0.25, 0.3) is 5.91 Å². The molecular weight excluding hydrogens is 416 g/mol. The van der Waals surface area contributed by atoms with Crippen LogP contribution in [0.2, 0.25) is 0 Å². The van der Waals surface area contributed by atoms with Gasteiger partial charge in [0.15, 0.2) is 0 Å². The Kier molecular flexibility index (Phi) is 7.47. The van der Waals surface area contributed by atoms with Crippen LogP contribution in [0, 0.1) is 0 Å². The molecule has 1 aliphatic heterocycles. The average molecular weight is 447 g/mol. The lowest BCUT2D eigenvalue weighted by atomic mass is 9.93. The SMILES string of the molecule is CN(C)CCOc1ccc(C(=O)N2CCCC(c3cccc(Nc4cnccn4)n3)C2)cc1. The lowest BCUT2D eigenvalue weighted by molar-refractivity contribution is 0.0706. The van der Waals surface area contributed by atoms with Crippen molar-refractivity contribution in [1.29, 1.82) is 0 Å². The number of rotatable bonds is 8. The number of hydrogen-bond acceptors (Lipinski definition) is 7. The molecule has 172 valence electrons. The molecule has 1 aromatic carbocycles. The zero-order valence-corrected chi connectivity index (χ0v) is 19.1. The van der Waals surface area contributed by atoms with Gasteiger partial charge < -0.3 is 19.9 Å². The fourth-order valence-corrected chi connectivity index (χ4v) is 3.87. The van der Waals surface area contributed by atoms with E-state index in [-0.39, 0.29) is 11.8 Å². The molecule has 1 aliphatic rings. The summed E-state index contributed by atoms with van der Waals surface area (Å²) in [6, 6.07) is 13.4. The van der Waals surface area contributed by atoms with Crippen LogP contribution in [-0.4, -0.2) is 71.0 Å². The summed E-state index contributed by atoms with van der Waals surface area (Å²) in [5, 5.41) is 3.19. The zero-order valence-electron chi connectivity index (χ0n) is 19.1. The van der Waals surface area contributed by atoms with Crippen molar-refractivity contribution in [1.82, 2.24) is 24.8 Å². The van der Waals surface area contributed by atoms with Crippen molar-refractivity contribution in [3.63, 3.8) is 0 Å². The van der Waals surface area contributed by atoms with E-state index in [1.165, 1.54) is 0 Å². The molecule has 8 nitrogen and oxygen atoms in total. The Morgan fingerprint density at radius 3 is 2.76 bits per heavy atom. The van der Waals surface area contributed by atoms with Gasteiger partial charge in [0, 0.05) is 49.2 Å². The topological polar surface area (TPSA) is 83.5 Å². The Bertz CT molecular complexity index is 1040. The van der Waals surface area contributed by atoms with Gasteiger partial charge in [-0.3, -0.25) is 9.78 Å². The van der Waals surface area contributed by atoms with Crippen molar-refractivity contribution in [2.75, 3.05) is 45.7 Å². The summed E-state index contributed by atoms with van der Waals surface area (Å²) >= 11 is 0. The van der Waals surface area contributed by atoms with E-state index < -0.39 is 0 Å². The van der Waals surface area contributed by atoms with Crippen LogP contribution in [0.1, 0.15) is 34.8 Å². The second kappa shape index (κ2) is 10.9. The lowest BCUT2D eigenvalue weighted by Gasteiger charge is -2.32. The summed E-state index contributed by atoms with van der Waals surface area (Å²) in [7, 11) is 4.02. The normalized spacial score (nSPS) is 16.0. The smallest absolute Gasteiger partial charge is 0.253 e. The Morgan fingerprint density at radius 1 is 1.15 bits per heavy atom. The molecule has 33 heavy (non-hydrogen) atoms. The Labute approximate surface area is 194 Å². The number of carbonyl (C=O) groups is 1. The third kappa shape index (κ3) is 6.26. The van der Waals surface area contributed by atoms with E-state index in [9.17, 15) is 4.79 Å². The number of carbonyl (C=O) groups excluding carboxylic acids is 1. The number of hydrogen-bond donors (Lipinski definition) is 1. The number of benzene rings is 1. The maximum atomic E-state index is 13.1. The molecule has 0 saturated carbocycles. The van der Waals surface area contributed by atoms with Gasteiger partial charge in [-0.15, -0.1) is 0 Å². The van der Waals surface area contributed by atoms with Crippen LogP contribution in [0.25, 0.3) is 0 Å². The van der Waals surface area contributed by atoms with Gasteiger partial charge >= 0.3 is 0 Å². The fourth-order valence-electron chi connectivity index (χ4n) is 3.87. The van der Waals surface area contributed by atoms with E-state index in [4.69, 9.17) is 9.72 Å². The summed E-state index contributed by atoms with van der Waals surface area (Å²) < 4.78 is 5.74. The molecule has 1 fully saturated rings. The van der Waals surface area contributed by atoms with Crippen molar-refractivity contribution in [3.8, 4) is 5.75 Å². The van der Waals surface area contributed by atoms with Crippen molar-refractivity contribution in [2.45, 2.75) is 18.8 Å². The first kappa shape index (κ1) is 22.7. The number of nitrogens with one attached hydrogen (secondary N) is 1. The molecule has 1 N–H and O–H groups in total. The molecule has 1 atom stereocenters. The first-order valence-corrected chi connectivity index (χ1v) is 11.3. The maximum Gasteiger partial charge on any atom is 0.253 e. The van der Waals surface area contributed by atoms with Crippen LogP contribution >= 0.6 is 0 Å². The fraction of sp³-hybridized carbons (Fsp3) is 0.360. The number of nitrogens with zero attached hydrogens (tertiary/aromatic N) is 5. The highest BCUT2D eigenvalue weighted by atomic mass is 16.5. The van der Waals surface area contributed by atoms with Gasteiger partial charge in [0.05, 0.1) is 6.20 Å². The van der Waals surface area contributed by atoms with Gasteiger partial charge in [-0.25, -0.2) is 9.97 Å². The van der Waals surface area contributed by atoms with Gasteiger partial charge in [-0.1, -0.05) is 6.07 Å². The number of piperidine rings is 1. The average Bonchev–Trinajstić information content (AvgIpc) is 2.85.